The Kier molecular flexibility index (Phi) is 3.82. The number of carbonyl (C=O) groups excluding carboxylic acids is 1. The maximum absolute atomic E-state index is 13.4. The second-order valence-electron chi connectivity index (χ2n) is 5.14. The van der Waals surface area contributed by atoms with E-state index in [1.807, 2.05) is 0 Å². The molecule has 0 saturated heterocycles. The number of hydrogen-bond acceptors (Lipinski definition) is 5. The van der Waals surface area contributed by atoms with Crippen LogP contribution in [0, 0.1) is 5.82 Å². The summed E-state index contributed by atoms with van der Waals surface area (Å²) < 4.78 is 44.6. The molecule has 0 amide bonds. The van der Waals surface area contributed by atoms with Gasteiger partial charge < -0.3 is 4.74 Å². The Labute approximate surface area is 131 Å². The van der Waals surface area contributed by atoms with Gasteiger partial charge in [-0.2, -0.15) is 0 Å². The number of rotatable bonds is 5. The van der Waals surface area contributed by atoms with Gasteiger partial charge in [0.1, 0.15) is 6.61 Å². The molecule has 0 bridgehead atoms. The zero-order valence-electron chi connectivity index (χ0n) is 11.3. The van der Waals surface area contributed by atoms with Crippen LogP contribution in [-0.4, -0.2) is 36.3 Å². The maximum atomic E-state index is 13.4. The minimum Gasteiger partial charge on any atom is -0.456 e. The second-order valence-corrected chi connectivity index (χ2v) is 7.35. The van der Waals surface area contributed by atoms with E-state index in [2.05, 4.69) is 4.98 Å². The van der Waals surface area contributed by atoms with Crippen molar-refractivity contribution in [3.05, 3.63) is 40.6 Å². The number of esters is 1. The molecule has 9 heteroatoms. The van der Waals surface area contributed by atoms with Crippen LogP contribution in [0.2, 0.25) is 5.15 Å². The van der Waals surface area contributed by atoms with Crippen molar-refractivity contribution in [1.82, 2.24) is 9.29 Å². The fourth-order valence-corrected chi connectivity index (χ4v) is 4.21. The molecular formula is C13H12ClFN2O4S. The third-order valence-corrected chi connectivity index (χ3v) is 5.42. The topological polar surface area (TPSA) is 76.6 Å². The van der Waals surface area contributed by atoms with Crippen molar-refractivity contribution in [2.24, 2.45) is 0 Å². The molecule has 0 atom stereocenters. The molecule has 0 unspecified atom stereocenters. The third-order valence-electron chi connectivity index (χ3n) is 3.31. The van der Waals surface area contributed by atoms with Gasteiger partial charge in [-0.25, -0.2) is 22.6 Å². The third kappa shape index (κ3) is 3.07. The Morgan fingerprint density at radius 2 is 2.18 bits per heavy atom. The molecule has 1 aliphatic carbocycles. The smallest absolute Gasteiger partial charge is 0.333 e. The fraction of sp³-hybridized carbons (Fsp3) is 0.385. The molecule has 0 N–H and O–H groups in total. The van der Waals surface area contributed by atoms with Crippen LogP contribution in [0.3, 0.4) is 0 Å². The van der Waals surface area contributed by atoms with E-state index in [4.69, 9.17) is 16.3 Å². The first-order valence-corrected chi connectivity index (χ1v) is 8.55. The molecule has 1 aromatic rings. The van der Waals surface area contributed by atoms with Crippen molar-refractivity contribution < 1.29 is 22.3 Å². The molecule has 0 spiro atoms. The summed E-state index contributed by atoms with van der Waals surface area (Å²) in [6, 6.07) is 0.874. The van der Waals surface area contributed by atoms with Crippen LogP contribution >= 0.6 is 11.6 Å². The number of sulfonamides is 1. The highest BCUT2D eigenvalue weighted by atomic mass is 35.5. The quantitative estimate of drug-likeness (QED) is 0.598. The Hall–Kier alpha value is -1.67. The lowest BCUT2D eigenvalue weighted by Gasteiger charge is -2.24. The fourth-order valence-electron chi connectivity index (χ4n) is 2.26. The predicted octanol–water partition coefficient (Wildman–Crippen LogP) is 1.61. The summed E-state index contributed by atoms with van der Waals surface area (Å²) in [5, 5.41) is -0.308. The van der Waals surface area contributed by atoms with Crippen molar-refractivity contribution in [3.8, 4) is 0 Å². The van der Waals surface area contributed by atoms with E-state index < -0.39 is 27.6 Å². The number of ether oxygens (including phenoxy) is 1. The first-order valence-electron chi connectivity index (χ1n) is 6.56. The van der Waals surface area contributed by atoms with Crippen molar-refractivity contribution >= 4 is 27.6 Å². The Morgan fingerprint density at radius 3 is 2.73 bits per heavy atom. The Bertz CT molecular complexity index is 761. The second kappa shape index (κ2) is 5.51. The van der Waals surface area contributed by atoms with E-state index in [1.54, 1.807) is 0 Å². The number of cyclic esters (lactones) is 1. The molecule has 2 aliphatic rings. The van der Waals surface area contributed by atoms with Crippen LogP contribution in [0.15, 0.2) is 24.0 Å². The molecule has 22 heavy (non-hydrogen) atoms. The normalized spacial score (nSPS) is 18.1. The zero-order chi connectivity index (χ0) is 15.9. The largest absolute Gasteiger partial charge is 0.456 e. The first-order chi connectivity index (χ1) is 10.4. The van der Waals surface area contributed by atoms with Crippen molar-refractivity contribution in [2.75, 3.05) is 6.61 Å². The Morgan fingerprint density at radius 1 is 1.45 bits per heavy atom. The molecule has 1 fully saturated rings. The standard InChI is InChI=1S/C13H12ClFN2O4S/c14-13-11(15)3-8(5-16-13)7-22(19,20)17(9-1-2-9)10-4-12(18)21-6-10/h3-5,9H,1-2,6-7H2. The van der Waals surface area contributed by atoms with Gasteiger partial charge in [-0.15, -0.1) is 0 Å². The van der Waals surface area contributed by atoms with Gasteiger partial charge in [0.15, 0.2) is 11.0 Å². The summed E-state index contributed by atoms with van der Waals surface area (Å²) in [6.07, 6.45) is 3.84. The SMILES string of the molecule is O=C1C=C(N(C2CC2)S(=O)(=O)Cc2cnc(Cl)c(F)c2)CO1. The van der Waals surface area contributed by atoms with Crippen LogP contribution in [0.1, 0.15) is 18.4 Å². The summed E-state index contributed by atoms with van der Waals surface area (Å²) in [6.45, 7) is -0.0677. The summed E-state index contributed by atoms with van der Waals surface area (Å²) in [5.41, 5.74) is 0.508. The summed E-state index contributed by atoms with van der Waals surface area (Å²) in [7, 11) is -3.77. The highest BCUT2D eigenvalue weighted by Crippen LogP contribution is 2.35. The van der Waals surface area contributed by atoms with E-state index in [0.29, 0.717) is 5.70 Å². The number of halogens is 2. The van der Waals surface area contributed by atoms with Gasteiger partial charge >= 0.3 is 5.97 Å². The molecule has 1 aliphatic heterocycles. The minimum absolute atomic E-state index is 0.0677. The van der Waals surface area contributed by atoms with Crippen molar-refractivity contribution in [3.63, 3.8) is 0 Å². The molecule has 1 aromatic heterocycles. The van der Waals surface area contributed by atoms with Crippen LogP contribution in [0.4, 0.5) is 4.39 Å². The van der Waals surface area contributed by atoms with Gasteiger partial charge in [0.05, 0.1) is 11.4 Å². The molecular weight excluding hydrogens is 335 g/mol. The van der Waals surface area contributed by atoms with E-state index in [-0.39, 0.29) is 23.4 Å². The van der Waals surface area contributed by atoms with Gasteiger partial charge in [0.25, 0.3) is 0 Å². The average Bonchev–Trinajstić information content (AvgIpc) is 3.16. The van der Waals surface area contributed by atoms with Crippen LogP contribution < -0.4 is 0 Å². The number of hydrogen-bond donors (Lipinski definition) is 0. The molecule has 1 saturated carbocycles. The monoisotopic (exact) mass is 346 g/mol. The lowest BCUT2D eigenvalue weighted by atomic mass is 10.3. The number of carbonyl (C=O) groups is 1. The van der Waals surface area contributed by atoms with E-state index in [0.717, 1.165) is 18.9 Å². The lowest BCUT2D eigenvalue weighted by molar-refractivity contribution is -0.135. The van der Waals surface area contributed by atoms with Crippen molar-refractivity contribution in [1.29, 1.82) is 0 Å². The predicted molar refractivity (Wildman–Crippen MR) is 75.7 cm³/mol. The average molecular weight is 347 g/mol. The highest BCUT2D eigenvalue weighted by Gasteiger charge is 2.40. The minimum atomic E-state index is -3.77. The Balaban J connectivity index is 1.88. The van der Waals surface area contributed by atoms with Gasteiger partial charge in [-0.1, -0.05) is 11.6 Å². The molecule has 0 aromatic carbocycles. The molecule has 2 heterocycles. The summed E-state index contributed by atoms with van der Waals surface area (Å²) in [5.74, 6) is -1.75. The van der Waals surface area contributed by atoms with Crippen LogP contribution in [0.5, 0.6) is 0 Å². The maximum Gasteiger partial charge on any atom is 0.333 e. The van der Waals surface area contributed by atoms with Crippen LogP contribution in [0.25, 0.3) is 0 Å². The first kappa shape index (κ1) is 15.2. The lowest BCUT2D eigenvalue weighted by Crippen LogP contribution is -2.34. The number of aromatic nitrogens is 1. The summed E-state index contributed by atoms with van der Waals surface area (Å²) in [4.78, 5) is 14.8. The molecule has 0 radical (unpaired) electrons. The molecule has 118 valence electrons. The summed E-state index contributed by atoms with van der Waals surface area (Å²) >= 11 is 5.49. The molecule has 3 rings (SSSR count). The number of nitrogens with zero attached hydrogens (tertiary/aromatic N) is 2. The van der Waals surface area contributed by atoms with Gasteiger partial charge in [-0.05, 0) is 24.5 Å². The number of pyridine rings is 1. The van der Waals surface area contributed by atoms with Crippen LogP contribution in [-0.2, 0) is 25.3 Å². The van der Waals surface area contributed by atoms with Gasteiger partial charge in [0.2, 0.25) is 10.0 Å². The highest BCUT2D eigenvalue weighted by molar-refractivity contribution is 7.88. The zero-order valence-corrected chi connectivity index (χ0v) is 12.9. The van der Waals surface area contributed by atoms with Crippen molar-refractivity contribution in [2.45, 2.75) is 24.6 Å². The van der Waals surface area contributed by atoms with E-state index in [1.165, 1.54) is 16.6 Å². The van der Waals surface area contributed by atoms with E-state index >= 15 is 0 Å². The van der Waals surface area contributed by atoms with E-state index in [9.17, 15) is 17.6 Å². The molecule has 6 nitrogen and oxygen atoms in total. The van der Waals surface area contributed by atoms with Gasteiger partial charge in [-0.3, -0.25) is 4.31 Å². The van der Waals surface area contributed by atoms with Gasteiger partial charge in [0, 0.05) is 18.3 Å².